The molecule has 0 aliphatic carbocycles. The third-order valence-electron chi connectivity index (χ3n) is 2.64. The summed E-state index contributed by atoms with van der Waals surface area (Å²) in [6.45, 7) is 9.65. The predicted octanol–water partition coefficient (Wildman–Crippen LogP) is 0.396. The second kappa shape index (κ2) is 6.35. The van der Waals surface area contributed by atoms with Gasteiger partial charge in [-0.05, 0) is 19.4 Å². The van der Waals surface area contributed by atoms with Gasteiger partial charge in [0.1, 0.15) is 0 Å². The predicted molar refractivity (Wildman–Crippen MR) is 54.9 cm³/mol. The minimum atomic E-state index is 0.329. The zero-order valence-corrected chi connectivity index (χ0v) is 8.71. The number of hydrogen-bond donors (Lipinski definition) is 1. The average Bonchev–Trinajstić information content (AvgIpc) is 2.17. The van der Waals surface area contributed by atoms with Crippen LogP contribution in [0.5, 0.6) is 0 Å². The topological polar surface area (TPSA) is 26.7 Å². The second-order valence-electron chi connectivity index (χ2n) is 3.76. The highest BCUT2D eigenvalue weighted by atomic mass is 16.3. The Bertz CT molecular complexity index is 122. The van der Waals surface area contributed by atoms with Crippen LogP contribution in [0.3, 0.4) is 0 Å². The molecule has 78 valence electrons. The van der Waals surface area contributed by atoms with Crippen LogP contribution in [0, 0.1) is 0 Å². The molecule has 1 rings (SSSR count). The summed E-state index contributed by atoms with van der Waals surface area (Å²) < 4.78 is 0. The lowest BCUT2D eigenvalue weighted by atomic mass is 10.3. The Morgan fingerprint density at radius 3 is 2.00 bits per heavy atom. The number of aliphatic hydroxyl groups is 1. The number of piperazine rings is 1. The Hall–Kier alpha value is -0.120. The summed E-state index contributed by atoms with van der Waals surface area (Å²) in [5.74, 6) is 0. The molecule has 0 aromatic carbocycles. The van der Waals surface area contributed by atoms with Crippen molar-refractivity contribution in [2.45, 2.75) is 19.8 Å². The van der Waals surface area contributed by atoms with Gasteiger partial charge in [0.2, 0.25) is 0 Å². The summed E-state index contributed by atoms with van der Waals surface area (Å²) in [5, 5.41) is 8.70. The first-order chi connectivity index (χ1) is 6.36. The molecule has 13 heavy (non-hydrogen) atoms. The minimum Gasteiger partial charge on any atom is -0.396 e. The van der Waals surface area contributed by atoms with Gasteiger partial charge in [-0.1, -0.05) is 6.92 Å². The lowest BCUT2D eigenvalue weighted by molar-refractivity contribution is 0.125. The van der Waals surface area contributed by atoms with Crippen molar-refractivity contribution in [3.63, 3.8) is 0 Å². The molecule has 1 heterocycles. The number of hydrogen-bond acceptors (Lipinski definition) is 3. The van der Waals surface area contributed by atoms with Crippen LogP contribution in [-0.4, -0.2) is 60.8 Å². The van der Waals surface area contributed by atoms with Crippen molar-refractivity contribution < 1.29 is 5.11 Å². The van der Waals surface area contributed by atoms with Gasteiger partial charge in [-0.15, -0.1) is 0 Å². The van der Waals surface area contributed by atoms with Crippen LogP contribution in [0.1, 0.15) is 19.8 Å². The molecular formula is C10H22N2O. The molecule has 0 aromatic rings. The third-order valence-corrected chi connectivity index (χ3v) is 2.64. The quantitative estimate of drug-likeness (QED) is 0.673. The molecule has 0 saturated carbocycles. The summed E-state index contributed by atoms with van der Waals surface area (Å²) in [5.41, 5.74) is 0. The fraction of sp³-hybridized carbons (Fsp3) is 1.00. The normalized spacial score (nSPS) is 20.8. The summed E-state index contributed by atoms with van der Waals surface area (Å²) >= 11 is 0. The summed E-state index contributed by atoms with van der Waals surface area (Å²) in [4.78, 5) is 4.97. The molecule has 0 unspecified atom stereocenters. The standard InChI is InChI=1S/C10H22N2O/c1-2-4-11-6-8-12(9-7-11)5-3-10-13/h13H,2-10H2,1H3. The van der Waals surface area contributed by atoms with Crippen molar-refractivity contribution in [3.8, 4) is 0 Å². The van der Waals surface area contributed by atoms with E-state index in [1.807, 2.05) is 0 Å². The van der Waals surface area contributed by atoms with Crippen molar-refractivity contribution in [2.75, 3.05) is 45.9 Å². The van der Waals surface area contributed by atoms with E-state index >= 15 is 0 Å². The second-order valence-corrected chi connectivity index (χ2v) is 3.76. The van der Waals surface area contributed by atoms with Crippen LogP contribution in [0.4, 0.5) is 0 Å². The Kier molecular flexibility index (Phi) is 5.35. The fourth-order valence-electron chi connectivity index (χ4n) is 1.85. The molecule has 3 nitrogen and oxygen atoms in total. The van der Waals surface area contributed by atoms with E-state index in [0.717, 1.165) is 13.0 Å². The van der Waals surface area contributed by atoms with Crippen LogP contribution in [0.15, 0.2) is 0 Å². The Balaban J connectivity index is 2.08. The molecule has 1 N–H and O–H groups in total. The average molecular weight is 186 g/mol. The molecule has 0 radical (unpaired) electrons. The zero-order chi connectivity index (χ0) is 9.52. The van der Waals surface area contributed by atoms with Crippen molar-refractivity contribution in [1.29, 1.82) is 0 Å². The van der Waals surface area contributed by atoms with Gasteiger partial charge in [0, 0.05) is 39.3 Å². The van der Waals surface area contributed by atoms with Gasteiger partial charge in [0.05, 0.1) is 0 Å². The van der Waals surface area contributed by atoms with Gasteiger partial charge in [0.15, 0.2) is 0 Å². The smallest absolute Gasteiger partial charge is 0.0443 e. The van der Waals surface area contributed by atoms with Crippen molar-refractivity contribution in [1.82, 2.24) is 9.80 Å². The lowest BCUT2D eigenvalue weighted by Gasteiger charge is -2.34. The minimum absolute atomic E-state index is 0.329. The van der Waals surface area contributed by atoms with E-state index in [-0.39, 0.29) is 0 Å². The van der Waals surface area contributed by atoms with Crippen LogP contribution in [0.2, 0.25) is 0 Å². The first kappa shape index (κ1) is 11.0. The molecule has 1 fully saturated rings. The first-order valence-corrected chi connectivity index (χ1v) is 5.42. The third kappa shape index (κ3) is 4.07. The summed E-state index contributed by atoms with van der Waals surface area (Å²) in [6.07, 6.45) is 2.18. The Morgan fingerprint density at radius 2 is 1.54 bits per heavy atom. The van der Waals surface area contributed by atoms with Crippen molar-refractivity contribution in [2.24, 2.45) is 0 Å². The monoisotopic (exact) mass is 186 g/mol. The number of rotatable bonds is 5. The molecule has 1 saturated heterocycles. The van der Waals surface area contributed by atoms with Gasteiger partial charge < -0.3 is 14.9 Å². The van der Waals surface area contributed by atoms with E-state index in [2.05, 4.69) is 16.7 Å². The van der Waals surface area contributed by atoms with Crippen LogP contribution < -0.4 is 0 Å². The molecule has 1 aliphatic heterocycles. The maximum Gasteiger partial charge on any atom is 0.0443 e. The van der Waals surface area contributed by atoms with E-state index in [9.17, 15) is 0 Å². The molecule has 0 atom stereocenters. The lowest BCUT2D eigenvalue weighted by Crippen LogP contribution is -2.46. The van der Waals surface area contributed by atoms with E-state index in [1.54, 1.807) is 0 Å². The van der Waals surface area contributed by atoms with Crippen LogP contribution in [-0.2, 0) is 0 Å². The van der Waals surface area contributed by atoms with Crippen LogP contribution >= 0.6 is 0 Å². The highest BCUT2D eigenvalue weighted by Gasteiger charge is 2.14. The number of nitrogens with zero attached hydrogens (tertiary/aromatic N) is 2. The molecule has 0 bridgehead atoms. The fourth-order valence-corrected chi connectivity index (χ4v) is 1.85. The van der Waals surface area contributed by atoms with E-state index in [0.29, 0.717) is 6.61 Å². The van der Waals surface area contributed by atoms with Crippen molar-refractivity contribution in [3.05, 3.63) is 0 Å². The van der Waals surface area contributed by atoms with E-state index in [4.69, 9.17) is 5.11 Å². The molecule has 0 aromatic heterocycles. The SMILES string of the molecule is CCCN1CCN(CCCO)CC1. The van der Waals surface area contributed by atoms with Gasteiger partial charge in [-0.3, -0.25) is 0 Å². The van der Waals surface area contributed by atoms with E-state index < -0.39 is 0 Å². The summed E-state index contributed by atoms with van der Waals surface area (Å²) in [7, 11) is 0. The first-order valence-electron chi connectivity index (χ1n) is 5.42. The summed E-state index contributed by atoms with van der Waals surface area (Å²) in [6, 6.07) is 0. The Morgan fingerprint density at radius 1 is 1.00 bits per heavy atom. The molecular weight excluding hydrogens is 164 g/mol. The van der Waals surface area contributed by atoms with Gasteiger partial charge >= 0.3 is 0 Å². The van der Waals surface area contributed by atoms with E-state index in [1.165, 1.54) is 39.1 Å². The largest absolute Gasteiger partial charge is 0.396 e. The number of aliphatic hydroxyl groups excluding tert-OH is 1. The van der Waals surface area contributed by atoms with Gasteiger partial charge in [-0.2, -0.15) is 0 Å². The highest BCUT2D eigenvalue weighted by Crippen LogP contribution is 2.02. The van der Waals surface area contributed by atoms with Gasteiger partial charge in [0.25, 0.3) is 0 Å². The van der Waals surface area contributed by atoms with Crippen LogP contribution in [0.25, 0.3) is 0 Å². The highest BCUT2D eigenvalue weighted by molar-refractivity contribution is 4.71. The molecule has 1 aliphatic rings. The molecule has 0 amide bonds. The van der Waals surface area contributed by atoms with Gasteiger partial charge in [-0.25, -0.2) is 0 Å². The molecule has 0 spiro atoms. The Labute approximate surface area is 81.3 Å². The maximum absolute atomic E-state index is 8.70. The maximum atomic E-state index is 8.70. The van der Waals surface area contributed by atoms with Crippen molar-refractivity contribution >= 4 is 0 Å². The molecule has 3 heteroatoms. The zero-order valence-electron chi connectivity index (χ0n) is 8.71.